The molecule has 1 unspecified atom stereocenters. The van der Waals surface area contributed by atoms with Crippen LogP contribution in [0.1, 0.15) is 76.8 Å². The van der Waals surface area contributed by atoms with Crippen molar-refractivity contribution < 1.29 is 4.39 Å². The molecule has 1 aromatic carbocycles. The van der Waals surface area contributed by atoms with Crippen molar-refractivity contribution in [3.8, 4) is 0 Å². The van der Waals surface area contributed by atoms with E-state index in [1.54, 1.807) is 0 Å². The molecule has 24 heavy (non-hydrogen) atoms. The van der Waals surface area contributed by atoms with Crippen molar-refractivity contribution >= 4 is 5.57 Å². The third kappa shape index (κ3) is 4.06. The number of rotatable bonds is 7. The van der Waals surface area contributed by atoms with E-state index in [1.807, 2.05) is 26.0 Å². The quantitative estimate of drug-likeness (QED) is 0.484. The van der Waals surface area contributed by atoms with E-state index in [2.05, 4.69) is 44.2 Å². The highest BCUT2D eigenvalue weighted by atomic mass is 19.1. The number of hydrogen-bond donors (Lipinski definition) is 0. The van der Waals surface area contributed by atoms with Gasteiger partial charge < -0.3 is 0 Å². The molecule has 2 rings (SSSR count). The van der Waals surface area contributed by atoms with Crippen molar-refractivity contribution in [1.82, 2.24) is 0 Å². The van der Waals surface area contributed by atoms with Crippen LogP contribution in [0, 0.1) is 5.92 Å². The molecule has 130 valence electrons. The lowest BCUT2D eigenvalue weighted by atomic mass is 9.84. The second kappa shape index (κ2) is 9.01. The van der Waals surface area contributed by atoms with Gasteiger partial charge in [0.2, 0.25) is 0 Å². The van der Waals surface area contributed by atoms with Crippen LogP contribution in [0.25, 0.3) is 5.57 Å². The Hall–Kier alpha value is -1.63. The molecule has 0 radical (unpaired) electrons. The fourth-order valence-corrected chi connectivity index (χ4v) is 3.77. The summed E-state index contributed by atoms with van der Waals surface area (Å²) in [4.78, 5) is 0. The van der Waals surface area contributed by atoms with Crippen LogP contribution in [0.2, 0.25) is 0 Å². The van der Waals surface area contributed by atoms with E-state index >= 15 is 0 Å². The molecule has 0 aromatic heterocycles. The fourth-order valence-electron chi connectivity index (χ4n) is 3.77. The molecule has 1 aliphatic carbocycles. The minimum absolute atomic E-state index is 0.0134. The molecule has 1 heteroatoms. The zero-order chi connectivity index (χ0) is 17.5. The van der Waals surface area contributed by atoms with Crippen LogP contribution >= 0.6 is 0 Å². The summed E-state index contributed by atoms with van der Waals surface area (Å²) in [6.07, 6.45) is 11.7. The van der Waals surface area contributed by atoms with E-state index in [9.17, 15) is 4.39 Å². The van der Waals surface area contributed by atoms with E-state index in [-0.39, 0.29) is 11.7 Å². The monoisotopic (exact) mass is 326 g/mol. The van der Waals surface area contributed by atoms with Crippen LogP contribution in [0.5, 0.6) is 0 Å². The van der Waals surface area contributed by atoms with Crippen LogP contribution in [-0.2, 0) is 0 Å². The SMILES string of the molecule is C/C=C1/C=CC(c2ccc(C(CCC)CCC)cc2)=C(F)C1CC. The average molecular weight is 326 g/mol. The molecule has 0 fully saturated rings. The van der Waals surface area contributed by atoms with Gasteiger partial charge in [-0.05, 0) is 48.8 Å². The Bertz CT molecular complexity index is 610. The summed E-state index contributed by atoms with van der Waals surface area (Å²) in [5, 5.41) is 0. The summed E-state index contributed by atoms with van der Waals surface area (Å²) < 4.78 is 14.9. The summed E-state index contributed by atoms with van der Waals surface area (Å²) >= 11 is 0. The maximum absolute atomic E-state index is 14.9. The average Bonchev–Trinajstić information content (AvgIpc) is 2.61. The molecule has 0 nitrogen and oxygen atoms in total. The van der Waals surface area contributed by atoms with Gasteiger partial charge in [-0.25, -0.2) is 4.39 Å². The molecule has 0 bridgehead atoms. The predicted molar refractivity (Wildman–Crippen MR) is 104 cm³/mol. The van der Waals surface area contributed by atoms with Gasteiger partial charge in [-0.2, -0.15) is 0 Å². The maximum atomic E-state index is 14.9. The minimum atomic E-state index is -0.0948. The normalized spacial score (nSPS) is 19.6. The van der Waals surface area contributed by atoms with Gasteiger partial charge in [0, 0.05) is 11.5 Å². The lowest BCUT2D eigenvalue weighted by Gasteiger charge is -2.22. The largest absolute Gasteiger partial charge is 0.210 e. The smallest absolute Gasteiger partial charge is 0.115 e. The molecule has 0 amide bonds. The van der Waals surface area contributed by atoms with Crippen LogP contribution in [0.3, 0.4) is 0 Å². The molecule has 1 aliphatic rings. The lowest BCUT2D eigenvalue weighted by Crippen LogP contribution is -2.08. The van der Waals surface area contributed by atoms with Gasteiger partial charge >= 0.3 is 0 Å². The van der Waals surface area contributed by atoms with Crippen molar-refractivity contribution in [2.24, 2.45) is 5.92 Å². The van der Waals surface area contributed by atoms with Crippen molar-refractivity contribution in [1.29, 1.82) is 0 Å². The van der Waals surface area contributed by atoms with Gasteiger partial charge in [0.15, 0.2) is 0 Å². The minimum Gasteiger partial charge on any atom is -0.210 e. The highest BCUT2D eigenvalue weighted by molar-refractivity contribution is 5.78. The van der Waals surface area contributed by atoms with Crippen molar-refractivity contribution in [3.63, 3.8) is 0 Å². The number of halogens is 1. The first-order chi connectivity index (χ1) is 11.7. The molecule has 0 heterocycles. The van der Waals surface area contributed by atoms with Gasteiger partial charge in [0.25, 0.3) is 0 Å². The van der Waals surface area contributed by atoms with Gasteiger partial charge in [-0.15, -0.1) is 0 Å². The summed E-state index contributed by atoms with van der Waals surface area (Å²) in [6.45, 7) is 8.52. The first kappa shape index (κ1) is 18.7. The predicted octanol–water partition coefficient (Wildman–Crippen LogP) is 7.59. The van der Waals surface area contributed by atoms with E-state index in [4.69, 9.17) is 0 Å². The first-order valence-electron chi connectivity index (χ1n) is 9.50. The standard InChI is InChI=1S/C23H31F/c1-5-9-18(10-6-2)19-11-13-20(14-12-19)22-16-15-17(7-3)21(8-4)23(22)24/h7,11-16,18,21H,5-6,8-10H2,1-4H3/b17-7-. The molecule has 1 aromatic rings. The third-order valence-corrected chi connectivity index (χ3v) is 5.12. The number of benzene rings is 1. The number of hydrogen-bond acceptors (Lipinski definition) is 0. The zero-order valence-electron chi connectivity index (χ0n) is 15.6. The van der Waals surface area contributed by atoms with E-state index in [0.717, 1.165) is 23.1 Å². The Labute approximate surface area is 147 Å². The second-order valence-corrected chi connectivity index (χ2v) is 6.74. The molecule has 0 N–H and O–H groups in total. The molecular formula is C23H31F. The van der Waals surface area contributed by atoms with Crippen LogP contribution in [0.4, 0.5) is 4.39 Å². The summed E-state index contributed by atoms with van der Waals surface area (Å²) in [5.41, 5.74) is 4.22. The van der Waals surface area contributed by atoms with Gasteiger partial charge in [-0.3, -0.25) is 0 Å². The molecule has 0 saturated heterocycles. The van der Waals surface area contributed by atoms with E-state index in [1.165, 1.54) is 31.2 Å². The Morgan fingerprint density at radius 2 is 1.62 bits per heavy atom. The Balaban J connectivity index is 2.29. The molecule has 0 saturated carbocycles. The molecule has 0 spiro atoms. The van der Waals surface area contributed by atoms with Crippen molar-refractivity contribution in [2.45, 2.75) is 65.7 Å². The van der Waals surface area contributed by atoms with Crippen LogP contribution < -0.4 is 0 Å². The van der Waals surface area contributed by atoms with Gasteiger partial charge in [0.1, 0.15) is 5.83 Å². The van der Waals surface area contributed by atoms with Crippen molar-refractivity contribution in [2.75, 3.05) is 0 Å². The Morgan fingerprint density at radius 1 is 1.00 bits per heavy atom. The van der Waals surface area contributed by atoms with Gasteiger partial charge in [0.05, 0.1) is 0 Å². The Morgan fingerprint density at radius 3 is 2.12 bits per heavy atom. The summed E-state index contributed by atoms with van der Waals surface area (Å²) in [5.74, 6) is 0.551. The van der Waals surface area contributed by atoms with Crippen LogP contribution in [0.15, 0.2) is 53.9 Å². The zero-order valence-corrected chi connectivity index (χ0v) is 15.6. The topological polar surface area (TPSA) is 0 Å². The summed E-state index contributed by atoms with van der Waals surface area (Å²) in [7, 11) is 0. The maximum Gasteiger partial charge on any atom is 0.115 e. The third-order valence-electron chi connectivity index (χ3n) is 5.12. The summed E-state index contributed by atoms with van der Waals surface area (Å²) in [6, 6.07) is 8.59. The second-order valence-electron chi connectivity index (χ2n) is 6.74. The Kier molecular flexibility index (Phi) is 7.02. The highest BCUT2D eigenvalue weighted by Crippen LogP contribution is 2.38. The molecular weight excluding hydrogens is 295 g/mol. The molecule has 0 aliphatic heterocycles. The fraction of sp³-hybridized carbons (Fsp3) is 0.478. The highest BCUT2D eigenvalue weighted by Gasteiger charge is 2.23. The van der Waals surface area contributed by atoms with Gasteiger partial charge in [-0.1, -0.05) is 76.1 Å². The number of allylic oxidation sites excluding steroid dienone is 6. The first-order valence-corrected chi connectivity index (χ1v) is 9.50. The van der Waals surface area contributed by atoms with E-state index in [0.29, 0.717) is 5.92 Å². The lowest BCUT2D eigenvalue weighted by molar-refractivity contribution is 0.505. The molecule has 1 atom stereocenters. The van der Waals surface area contributed by atoms with E-state index < -0.39 is 0 Å². The van der Waals surface area contributed by atoms with Crippen LogP contribution in [-0.4, -0.2) is 0 Å². The van der Waals surface area contributed by atoms with Crippen molar-refractivity contribution in [3.05, 3.63) is 65.0 Å².